The van der Waals surface area contributed by atoms with Crippen molar-refractivity contribution in [3.8, 4) is 0 Å². The minimum atomic E-state index is 0.345. The van der Waals surface area contributed by atoms with E-state index in [2.05, 4.69) is 61.3 Å². The number of rotatable bonds is 4. The molecule has 1 aromatic carbocycles. The van der Waals surface area contributed by atoms with Crippen molar-refractivity contribution in [1.29, 1.82) is 0 Å². The van der Waals surface area contributed by atoms with Crippen molar-refractivity contribution in [3.63, 3.8) is 0 Å². The molecule has 3 rings (SSSR count). The SMILES string of the molecule is CC1CNC(C)(C2CC2)CN1C(C)Cc1ccccc1. The first-order valence-electron chi connectivity index (χ1n) is 8.13. The smallest absolute Gasteiger partial charge is 0.0309 e. The van der Waals surface area contributed by atoms with E-state index in [1.165, 1.54) is 24.9 Å². The molecule has 1 aliphatic carbocycles. The Labute approximate surface area is 123 Å². The van der Waals surface area contributed by atoms with E-state index in [1.807, 2.05) is 0 Å². The van der Waals surface area contributed by atoms with Gasteiger partial charge in [0, 0.05) is 30.7 Å². The Bertz CT molecular complexity index is 440. The molecule has 110 valence electrons. The number of piperazine rings is 1. The molecule has 1 saturated heterocycles. The van der Waals surface area contributed by atoms with E-state index in [1.54, 1.807) is 0 Å². The molecule has 0 aromatic heterocycles. The summed E-state index contributed by atoms with van der Waals surface area (Å²) in [4.78, 5) is 2.72. The second-order valence-electron chi connectivity index (χ2n) is 7.13. The molecule has 1 N–H and O–H groups in total. The van der Waals surface area contributed by atoms with E-state index in [0.29, 0.717) is 17.6 Å². The highest BCUT2D eigenvalue weighted by molar-refractivity contribution is 5.16. The standard InChI is InChI=1S/C18H28N2/c1-14(11-16-7-5-4-6-8-16)20-13-18(3,17-9-10-17)19-12-15(20)2/h4-8,14-15,17,19H,9-13H2,1-3H3. The Balaban J connectivity index is 1.67. The predicted molar refractivity (Wildman–Crippen MR) is 84.9 cm³/mol. The number of nitrogens with zero attached hydrogens (tertiary/aromatic N) is 1. The maximum atomic E-state index is 3.81. The van der Waals surface area contributed by atoms with E-state index in [4.69, 9.17) is 0 Å². The molecule has 2 nitrogen and oxygen atoms in total. The zero-order valence-corrected chi connectivity index (χ0v) is 13.1. The van der Waals surface area contributed by atoms with Crippen molar-refractivity contribution in [2.75, 3.05) is 13.1 Å². The van der Waals surface area contributed by atoms with Crippen LogP contribution in [-0.2, 0) is 6.42 Å². The molecule has 2 aliphatic rings. The molecule has 0 radical (unpaired) electrons. The van der Waals surface area contributed by atoms with Crippen LogP contribution in [0, 0.1) is 5.92 Å². The molecule has 3 atom stereocenters. The van der Waals surface area contributed by atoms with E-state index in [9.17, 15) is 0 Å². The van der Waals surface area contributed by atoms with Crippen LogP contribution in [0.2, 0.25) is 0 Å². The van der Waals surface area contributed by atoms with Gasteiger partial charge >= 0.3 is 0 Å². The number of hydrogen-bond acceptors (Lipinski definition) is 2. The largest absolute Gasteiger partial charge is 0.308 e. The van der Waals surface area contributed by atoms with Gasteiger partial charge in [-0.2, -0.15) is 0 Å². The van der Waals surface area contributed by atoms with Crippen molar-refractivity contribution < 1.29 is 0 Å². The number of nitrogens with one attached hydrogen (secondary N) is 1. The van der Waals surface area contributed by atoms with Gasteiger partial charge in [0.15, 0.2) is 0 Å². The summed E-state index contributed by atoms with van der Waals surface area (Å²) in [6, 6.07) is 12.2. The Morgan fingerprint density at radius 1 is 1.30 bits per heavy atom. The van der Waals surface area contributed by atoms with E-state index < -0.39 is 0 Å². The van der Waals surface area contributed by atoms with Gasteiger partial charge in [0.25, 0.3) is 0 Å². The summed E-state index contributed by atoms with van der Waals surface area (Å²) in [6.45, 7) is 9.51. The first-order chi connectivity index (χ1) is 9.58. The van der Waals surface area contributed by atoms with Gasteiger partial charge in [-0.15, -0.1) is 0 Å². The average molecular weight is 272 g/mol. The summed E-state index contributed by atoms with van der Waals surface area (Å²) in [5, 5.41) is 3.81. The van der Waals surface area contributed by atoms with Crippen LogP contribution in [0.3, 0.4) is 0 Å². The minimum absolute atomic E-state index is 0.345. The molecule has 1 saturated carbocycles. The molecule has 0 bridgehead atoms. The lowest BCUT2D eigenvalue weighted by Gasteiger charge is -2.48. The first kappa shape index (κ1) is 14.1. The molecule has 0 amide bonds. The van der Waals surface area contributed by atoms with Crippen molar-refractivity contribution in [1.82, 2.24) is 10.2 Å². The molecule has 2 fully saturated rings. The lowest BCUT2D eigenvalue weighted by molar-refractivity contribution is 0.0521. The maximum Gasteiger partial charge on any atom is 0.0309 e. The van der Waals surface area contributed by atoms with Crippen LogP contribution in [0.15, 0.2) is 30.3 Å². The van der Waals surface area contributed by atoms with Gasteiger partial charge in [0.1, 0.15) is 0 Å². The van der Waals surface area contributed by atoms with E-state index >= 15 is 0 Å². The van der Waals surface area contributed by atoms with Gasteiger partial charge in [-0.1, -0.05) is 30.3 Å². The van der Waals surface area contributed by atoms with Crippen molar-refractivity contribution in [2.45, 2.75) is 57.7 Å². The van der Waals surface area contributed by atoms with Crippen LogP contribution in [0.25, 0.3) is 0 Å². The van der Waals surface area contributed by atoms with Gasteiger partial charge in [0.05, 0.1) is 0 Å². The number of benzene rings is 1. The lowest BCUT2D eigenvalue weighted by atomic mass is 9.89. The third kappa shape index (κ3) is 2.91. The fourth-order valence-electron chi connectivity index (χ4n) is 3.75. The van der Waals surface area contributed by atoms with Crippen LogP contribution in [0.5, 0.6) is 0 Å². The third-order valence-corrected chi connectivity index (χ3v) is 5.30. The summed E-state index contributed by atoms with van der Waals surface area (Å²) >= 11 is 0. The molecule has 1 aliphatic heterocycles. The van der Waals surface area contributed by atoms with Gasteiger partial charge in [-0.05, 0) is 51.5 Å². The van der Waals surface area contributed by atoms with Gasteiger partial charge in [-0.25, -0.2) is 0 Å². The highest BCUT2D eigenvalue weighted by atomic mass is 15.3. The summed E-state index contributed by atoms with van der Waals surface area (Å²) in [5.74, 6) is 0.904. The van der Waals surface area contributed by atoms with Crippen LogP contribution in [0.4, 0.5) is 0 Å². The predicted octanol–water partition coefficient (Wildman–Crippen LogP) is 3.08. The summed E-state index contributed by atoms with van der Waals surface area (Å²) in [6.07, 6.45) is 3.99. The molecule has 20 heavy (non-hydrogen) atoms. The minimum Gasteiger partial charge on any atom is -0.308 e. The topological polar surface area (TPSA) is 15.3 Å². The quantitative estimate of drug-likeness (QED) is 0.906. The average Bonchev–Trinajstić information content (AvgIpc) is 3.28. The zero-order valence-electron chi connectivity index (χ0n) is 13.1. The second-order valence-corrected chi connectivity index (χ2v) is 7.13. The van der Waals surface area contributed by atoms with Crippen molar-refractivity contribution in [3.05, 3.63) is 35.9 Å². The van der Waals surface area contributed by atoms with Crippen LogP contribution in [0.1, 0.15) is 39.2 Å². The lowest BCUT2D eigenvalue weighted by Crippen LogP contribution is -2.65. The summed E-state index contributed by atoms with van der Waals surface area (Å²) in [5.41, 5.74) is 1.80. The second kappa shape index (κ2) is 5.50. The van der Waals surface area contributed by atoms with Crippen molar-refractivity contribution in [2.24, 2.45) is 5.92 Å². The molecule has 2 heteroatoms. The Morgan fingerprint density at radius 2 is 2.00 bits per heavy atom. The molecule has 1 heterocycles. The monoisotopic (exact) mass is 272 g/mol. The molecular formula is C18H28N2. The van der Waals surface area contributed by atoms with Crippen LogP contribution >= 0.6 is 0 Å². The van der Waals surface area contributed by atoms with Crippen LogP contribution < -0.4 is 5.32 Å². The number of hydrogen-bond donors (Lipinski definition) is 1. The van der Waals surface area contributed by atoms with Gasteiger partial charge < -0.3 is 5.32 Å². The van der Waals surface area contributed by atoms with Gasteiger partial charge in [0.2, 0.25) is 0 Å². The highest BCUT2D eigenvalue weighted by Crippen LogP contribution is 2.41. The normalized spacial score (nSPS) is 33.0. The molecule has 1 aromatic rings. The molecular weight excluding hydrogens is 244 g/mol. The van der Waals surface area contributed by atoms with E-state index in [0.717, 1.165) is 18.9 Å². The molecule has 0 spiro atoms. The first-order valence-corrected chi connectivity index (χ1v) is 8.13. The van der Waals surface area contributed by atoms with Gasteiger partial charge in [-0.3, -0.25) is 4.90 Å². The Morgan fingerprint density at radius 3 is 2.65 bits per heavy atom. The van der Waals surface area contributed by atoms with Crippen molar-refractivity contribution >= 4 is 0 Å². The fourth-order valence-corrected chi connectivity index (χ4v) is 3.75. The highest BCUT2D eigenvalue weighted by Gasteiger charge is 2.45. The summed E-state index contributed by atoms with van der Waals surface area (Å²) in [7, 11) is 0. The fraction of sp³-hybridized carbons (Fsp3) is 0.667. The molecule has 3 unspecified atom stereocenters. The van der Waals surface area contributed by atoms with E-state index in [-0.39, 0.29) is 0 Å². The zero-order chi connectivity index (χ0) is 14.2. The Kier molecular flexibility index (Phi) is 3.87. The third-order valence-electron chi connectivity index (χ3n) is 5.30. The van der Waals surface area contributed by atoms with Crippen LogP contribution in [-0.4, -0.2) is 35.6 Å². The maximum absolute atomic E-state index is 3.81. The summed E-state index contributed by atoms with van der Waals surface area (Å²) < 4.78 is 0. The Hall–Kier alpha value is -0.860.